The summed E-state index contributed by atoms with van der Waals surface area (Å²) < 4.78 is 43.1. The summed E-state index contributed by atoms with van der Waals surface area (Å²) in [5, 5.41) is 0.876. The third-order valence-electron chi connectivity index (χ3n) is 3.92. The van der Waals surface area contributed by atoms with Gasteiger partial charge in [0.2, 0.25) is 0 Å². The fourth-order valence-corrected chi connectivity index (χ4v) is 3.32. The maximum atomic E-state index is 12.5. The Morgan fingerprint density at radius 2 is 1.65 bits per heavy atom. The molecule has 1 fully saturated rings. The summed E-state index contributed by atoms with van der Waals surface area (Å²) in [4.78, 5) is 0. The van der Waals surface area contributed by atoms with Crippen molar-refractivity contribution >= 4 is 15.9 Å². The Bertz CT molecular complexity index is 422. The smallest absolute Gasteiger partial charge is 0.416 e. The third kappa shape index (κ3) is 3.90. The zero-order chi connectivity index (χ0) is 14.6. The van der Waals surface area contributed by atoms with Gasteiger partial charge in [-0.1, -0.05) is 35.2 Å². The second-order valence-electron chi connectivity index (χ2n) is 5.51. The van der Waals surface area contributed by atoms with Gasteiger partial charge in [-0.15, -0.1) is 0 Å². The van der Waals surface area contributed by atoms with Crippen LogP contribution in [0.1, 0.15) is 37.7 Å². The van der Waals surface area contributed by atoms with Gasteiger partial charge in [0.05, 0.1) is 12.2 Å². The first-order chi connectivity index (χ1) is 9.45. The Morgan fingerprint density at radius 1 is 1.05 bits per heavy atom. The molecule has 0 aromatic heterocycles. The molecule has 0 aliphatic heterocycles. The van der Waals surface area contributed by atoms with E-state index in [0.717, 1.165) is 30.3 Å². The van der Waals surface area contributed by atoms with Crippen molar-refractivity contribution in [3.05, 3.63) is 29.8 Å². The maximum absolute atomic E-state index is 12.5. The molecular formula is C15H18BrF3O. The van der Waals surface area contributed by atoms with Crippen molar-refractivity contribution in [2.75, 3.05) is 11.9 Å². The summed E-state index contributed by atoms with van der Waals surface area (Å²) in [6.07, 6.45) is 1.58. The van der Waals surface area contributed by atoms with Crippen LogP contribution in [0.4, 0.5) is 13.2 Å². The average molecular weight is 351 g/mol. The van der Waals surface area contributed by atoms with E-state index in [9.17, 15) is 13.2 Å². The quantitative estimate of drug-likeness (QED) is 0.658. The monoisotopic (exact) mass is 350 g/mol. The van der Waals surface area contributed by atoms with Crippen molar-refractivity contribution in [3.63, 3.8) is 0 Å². The highest BCUT2D eigenvalue weighted by atomic mass is 79.9. The first kappa shape index (κ1) is 15.7. The molecular weight excluding hydrogens is 333 g/mol. The predicted octanol–water partition coefficient (Wildman–Crippen LogP) is 5.43. The largest absolute Gasteiger partial charge is 0.493 e. The highest BCUT2D eigenvalue weighted by molar-refractivity contribution is 9.09. The van der Waals surface area contributed by atoms with Crippen molar-refractivity contribution in [1.29, 1.82) is 0 Å². The number of alkyl halides is 4. The van der Waals surface area contributed by atoms with Crippen molar-refractivity contribution in [2.45, 2.75) is 38.3 Å². The number of hydrogen-bond donors (Lipinski definition) is 0. The molecule has 20 heavy (non-hydrogen) atoms. The molecule has 0 amide bonds. The van der Waals surface area contributed by atoms with Gasteiger partial charge in [0.25, 0.3) is 0 Å². The molecule has 112 valence electrons. The standard InChI is InChI=1S/C15H18BrF3O/c16-10-14(8-2-1-3-9-14)11-20-13-6-4-12(5-7-13)15(17,18)19/h4-7H,1-3,8-11H2. The van der Waals surface area contributed by atoms with E-state index >= 15 is 0 Å². The number of halogens is 4. The van der Waals surface area contributed by atoms with Crippen LogP contribution in [0.15, 0.2) is 24.3 Å². The fourth-order valence-electron chi connectivity index (χ4n) is 2.59. The van der Waals surface area contributed by atoms with E-state index < -0.39 is 11.7 Å². The molecule has 0 spiro atoms. The van der Waals surface area contributed by atoms with Crippen LogP contribution in [0, 0.1) is 5.41 Å². The van der Waals surface area contributed by atoms with Crippen molar-refractivity contribution in [3.8, 4) is 5.75 Å². The van der Waals surface area contributed by atoms with E-state index in [1.54, 1.807) is 0 Å². The van der Waals surface area contributed by atoms with Crippen LogP contribution in [0.5, 0.6) is 5.75 Å². The second-order valence-corrected chi connectivity index (χ2v) is 6.07. The fraction of sp³-hybridized carbons (Fsp3) is 0.600. The highest BCUT2D eigenvalue weighted by Gasteiger charge is 2.32. The SMILES string of the molecule is FC(F)(F)c1ccc(OCC2(CBr)CCCCC2)cc1. The Balaban J connectivity index is 1.96. The van der Waals surface area contributed by atoms with E-state index in [4.69, 9.17) is 4.74 Å². The van der Waals surface area contributed by atoms with Gasteiger partial charge in [0, 0.05) is 10.7 Å². The zero-order valence-corrected chi connectivity index (χ0v) is 12.8. The Kier molecular flexibility index (Phi) is 4.99. The minimum absolute atomic E-state index is 0.126. The van der Waals surface area contributed by atoms with E-state index in [0.29, 0.717) is 12.4 Å². The van der Waals surface area contributed by atoms with Gasteiger partial charge in [0.15, 0.2) is 0 Å². The van der Waals surface area contributed by atoms with Crippen LogP contribution >= 0.6 is 15.9 Å². The maximum Gasteiger partial charge on any atom is 0.416 e. The molecule has 2 rings (SSSR count). The van der Waals surface area contributed by atoms with E-state index in [-0.39, 0.29) is 5.41 Å². The van der Waals surface area contributed by atoms with Gasteiger partial charge >= 0.3 is 6.18 Å². The van der Waals surface area contributed by atoms with Crippen LogP contribution in [-0.4, -0.2) is 11.9 Å². The Hall–Kier alpha value is -0.710. The molecule has 0 radical (unpaired) electrons. The first-order valence-corrected chi connectivity index (χ1v) is 7.93. The zero-order valence-electron chi connectivity index (χ0n) is 11.2. The molecule has 1 aromatic carbocycles. The number of ether oxygens (including phenoxy) is 1. The molecule has 5 heteroatoms. The predicted molar refractivity (Wildman–Crippen MR) is 76.3 cm³/mol. The van der Waals surface area contributed by atoms with Crippen LogP contribution in [0.2, 0.25) is 0 Å². The molecule has 0 saturated heterocycles. The lowest BCUT2D eigenvalue weighted by Gasteiger charge is -2.35. The summed E-state index contributed by atoms with van der Waals surface area (Å²) in [6.45, 7) is 0.559. The lowest BCUT2D eigenvalue weighted by molar-refractivity contribution is -0.137. The van der Waals surface area contributed by atoms with Crippen molar-refractivity contribution in [1.82, 2.24) is 0 Å². The molecule has 0 bridgehead atoms. The van der Waals surface area contributed by atoms with Crippen LogP contribution in [0.3, 0.4) is 0 Å². The van der Waals surface area contributed by atoms with Crippen LogP contribution in [0.25, 0.3) is 0 Å². The van der Waals surface area contributed by atoms with Gasteiger partial charge in [-0.25, -0.2) is 0 Å². The molecule has 0 N–H and O–H groups in total. The van der Waals surface area contributed by atoms with Gasteiger partial charge in [-0.05, 0) is 37.1 Å². The highest BCUT2D eigenvalue weighted by Crippen LogP contribution is 2.38. The van der Waals surface area contributed by atoms with E-state index in [1.165, 1.54) is 31.4 Å². The summed E-state index contributed by atoms with van der Waals surface area (Å²) >= 11 is 3.55. The number of hydrogen-bond acceptors (Lipinski definition) is 1. The Morgan fingerprint density at radius 3 is 2.15 bits per heavy atom. The normalized spacial score (nSPS) is 18.8. The van der Waals surface area contributed by atoms with E-state index in [2.05, 4.69) is 15.9 Å². The molecule has 1 aromatic rings. The molecule has 0 unspecified atom stereocenters. The minimum Gasteiger partial charge on any atom is -0.493 e. The summed E-state index contributed by atoms with van der Waals surface area (Å²) in [5.41, 5.74) is -0.515. The average Bonchev–Trinajstić information content (AvgIpc) is 2.46. The lowest BCUT2D eigenvalue weighted by atomic mass is 9.76. The minimum atomic E-state index is -4.29. The molecule has 1 aliphatic rings. The Labute approximate surface area is 125 Å². The molecule has 1 aliphatic carbocycles. The molecule has 0 atom stereocenters. The summed E-state index contributed by atoms with van der Waals surface area (Å²) in [7, 11) is 0. The summed E-state index contributed by atoms with van der Waals surface area (Å²) in [5.74, 6) is 0.504. The van der Waals surface area contributed by atoms with Gasteiger partial charge in [-0.3, -0.25) is 0 Å². The molecule has 1 saturated carbocycles. The van der Waals surface area contributed by atoms with E-state index in [1.807, 2.05) is 0 Å². The lowest BCUT2D eigenvalue weighted by Crippen LogP contribution is -2.32. The van der Waals surface area contributed by atoms with Crippen LogP contribution < -0.4 is 4.74 Å². The van der Waals surface area contributed by atoms with Gasteiger partial charge in [-0.2, -0.15) is 13.2 Å². The topological polar surface area (TPSA) is 9.23 Å². The van der Waals surface area contributed by atoms with Crippen LogP contribution in [-0.2, 0) is 6.18 Å². The first-order valence-electron chi connectivity index (χ1n) is 6.81. The third-order valence-corrected chi connectivity index (χ3v) is 5.11. The van der Waals surface area contributed by atoms with Gasteiger partial charge in [0.1, 0.15) is 5.75 Å². The number of benzene rings is 1. The number of rotatable bonds is 4. The molecule has 1 nitrogen and oxygen atoms in total. The van der Waals surface area contributed by atoms with Crippen molar-refractivity contribution in [2.24, 2.45) is 5.41 Å². The van der Waals surface area contributed by atoms with Crippen molar-refractivity contribution < 1.29 is 17.9 Å². The molecule has 0 heterocycles. The van der Waals surface area contributed by atoms with Gasteiger partial charge < -0.3 is 4.74 Å². The summed E-state index contributed by atoms with van der Waals surface area (Å²) in [6, 6.07) is 4.93. The second kappa shape index (κ2) is 6.37.